The second-order valence-corrected chi connectivity index (χ2v) is 11.1. The van der Waals surface area contributed by atoms with Gasteiger partial charge < -0.3 is 15.2 Å². The van der Waals surface area contributed by atoms with Crippen LogP contribution in [0.15, 0.2) is 60.0 Å². The van der Waals surface area contributed by atoms with E-state index < -0.39 is 15.9 Å². The summed E-state index contributed by atoms with van der Waals surface area (Å²) in [5, 5.41) is 5.90. The highest BCUT2D eigenvalue weighted by molar-refractivity contribution is 7.90. The van der Waals surface area contributed by atoms with Gasteiger partial charge in [-0.15, -0.1) is 0 Å². The summed E-state index contributed by atoms with van der Waals surface area (Å²) in [4.78, 5) is 25.2. The Morgan fingerprint density at radius 3 is 2.47 bits per heavy atom. The van der Waals surface area contributed by atoms with Gasteiger partial charge in [-0.25, -0.2) is 23.2 Å². The molecule has 0 spiro atoms. The van der Waals surface area contributed by atoms with Gasteiger partial charge in [-0.2, -0.15) is 0 Å². The third kappa shape index (κ3) is 6.70. The van der Waals surface area contributed by atoms with Crippen molar-refractivity contribution in [3.05, 3.63) is 71.8 Å². The molecular formula is C26H30N6O3S. The zero-order valence-corrected chi connectivity index (χ0v) is 21.0. The molecule has 2 heterocycles. The normalized spacial score (nSPS) is 15.1. The number of nitrogens with zero attached hydrogens (tertiary/aromatic N) is 4. The van der Waals surface area contributed by atoms with Crippen LogP contribution in [0.5, 0.6) is 0 Å². The number of hydrogen-bond acceptors (Lipinski definition) is 6. The molecule has 0 aliphatic heterocycles. The Labute approximate surface area is 211 Å². The average Bonchev–Trinajstić information content (AvgIpc) is 3.42. The molecule has 1 aromatic carbocycles. The van der Waals surface area contributed by atoms with Gasteiger partial charge in [0.1, 0.15) is 17.7 Å². The molecule has 1 aliphatic rings. The molecular weight excluding hydrogens is 476 g/mol. The van der Waals surface area contributed by atoms with E-state index in [1.807, 2.05) is 24.3 Å². The first kappa shape index (κ1) is 25.4. The van der Waals surface area contributed by atoms with Crippen LogP contribution in [-0.4, -0.2) is 41.2 Å². The third-order valence-electron chi connectivity index (χ3n) is 6.36. The third-order valence-corrected chi connectivity index (χ3v) is 7.20. The van der Waals surface area contributed by atoms with Gasteiger partial charge in [0, 0.05) is 31.3 Å². The van der Waals surface area contributed by atoms with E-state index in [9.17, 15) is 13.2 Å². The minimum absolute atomic E-state index is 0.183. The molecule has 0 saturated heterocycles. The van der Waals surface area contributed by atoms with Crippen molar-refractivity contribution >= 4 is 27.2 Å². The molecule has 9 nitrogen and oxygen atoms in total. The van der Waals surface area contributed by atoms with Crippen LogP contribution in [0.3, 0.4) is 0 Å². The van der Waals surface area contributed by atoms with Crippen molar-refractivity contribution in [1.82, 2.24) is 19.9 Å². The Bertz CT molecular complexity index is 1320. The van der Waals surface area contributed by atoms with E-state index in [1.54, 1.807) is 35.2 Å². The van der Waals surface area contributed by atoms with Gasteiger partial charge in [-0.05, 0) is 30.0 Å². The van der Waals surface area contributed by atoms with E-state index >= 15 is 0 Å². The maximum Gasteiger partial charge on any atom is 0.250 e. The molecule has 1 atom stereocenters. The standard InChI is InChI=1S/C26H30N6O3S/c1-27-21-12-10-20(11-13-21)18-28-25(33)22(16-19-8-4-3-5-9-19)29-23-17-24(32-14-6-7-15-32)31-26(30-23)36(2,34)35/h6-7,10-15,17,19,22H,3-5,8-9,16,18H2,2H3,(H,28,33)(H,29,30,31). The molecule has 10 heteroatoms. The molecule has 3 aromatic rings. The lowest BCUT2D eigenvalue weighted by atomic mass is 9.84. The molecule has 36 heavy (non-hydrogen) atoms. The van der Waals surface area contributed by atoms with E-state index in [1.165, 1.54) is 6.42 Å². The Morgan fingerprint density at radius 2 is 1.83 bits per heavy atom. The first-order chi connectivity index (χ1) is 17.3. The van der Waals surface area contributed by atoms with E-state index in [4.69, 9.17) is 6.57 Å². The van der Waals surface area contributed by atoms with Crippen molar-refractivity contribution in [2.24, 2.45) is 5.92 Å². The van der Waals surface area contributed by atoms with Crippen LogP contribution in [0.4, 0.5) is 11.5 Å². The lowest BCUT2D eigenvalue weighted by Crippen LogP contribution is -2.41. The van der Waals surface area contributed by atoms with Crippen molar-refractivity contribution in [2.75, 3.05) is 11.6 Å². The van der Waals surface area contributed by atoms with Gasteiger partial charge in [-0.1, -0.05) is 56.4 Å². The van der Waals surface area contributed by atoms with Crippen LogP contribution in [0, 0.1) is 12.5 Å². The Hall–Kier alpha value is -3.71. The first-order valence-corrected chi connectivity index (χ1v) is 13.9. The number of nitrogens with one attached hydrogen (secondary N) is 2. The highest BCUT2D eigenvalue weighted by atomic mass is 32.2. The Kier molecular flexibility index (Phi) is 8.00. The van der Waals surface area contributed by atoms with Crippen molar-refractivity contribution in [1.29, 1.82) is 0 Å². The molecule has 1 fully saturated rings. The zero-order valence-electron chi connectivity index (χ0n) is 20.2. The SMILES string of the molecule is [C-]#[N+]c1ccc(CNC(=O)C(CC2CCCCC2)Nc2cc(-n3cccc3)nc(S(C)(=O)=O)n2)cc1. The van der Waals surface area contributed by atoms with Crippen molar-refractivity contribution in [3.8, 4) is 5.82 Å². The van der Waals surface area contributed by atoms with E-state index in [-0.39, 0.29) is 16.9 Å². The maximum atomic E-state index is 13.3. The van der Waals surface area contributed by atoms with Gasteiger partial charge in [-0.3, -0.25) is 4.79 Å². The fourth-order valence-corrected chi connectivity index (χ4v) is 4.96. The molecule has 1 amide bonds. The Balaban J connectivity index is 1.57. The lowest BCUT2D eigenvalue weighted by molar-refractivity contribution is -0.122. The van der Waals surface area contributed by atoms with Crippen LogP contribution < -0.4 is 10.6 Å². The Morgan fingerprint density at radius 1 is 1.14 bits per heavy atom. The van der Waals surface area contributed by atoms with Gasteiger partial charge in [0.25, 0.3) is 5.16 Å². The topological polar surface area (TPSA) is 110 Å². The van der Waals surface area contributed by atoms with Crippen LogP contribution >= 0.6 is 0 Å². The summed E-state index contributed by atoms with van der Waals surface area (Å²) in [5.74, 6) is 0.901. The lowest BCUT2D eigenvalue weighted by Gasteiger charge is -2.27. The number of amides is 1. The molecule has 4 rings (SSSR count). The van der Waals surface area contributed by atoms with E-state index in [0.717, 1.165) is 37.5 Å². The fraction of sp³-hybridized carbons (Fsp3) is 0.385. The number of rotatable bonds is 9. The molecule has 1 unspecified atom stereocenters. The van der Waals surface area contributed by atoms with Gasteiger partial charge in [0.2, 0.25) is 15.7 Å². The monoisotopic (exact) mass is 506 g/mol. The zero-order chi connectivity index (χ0) is 25.5. The molecule has 188 valence electrons. The molecule has 2 N–H and O–H groups in total. The summed E-state index contributed by atoms with van der Waals surface area (Å²) < 4.78 is 26.3. The van der Waals surface area contributed by atoms with Crippen molar-refractivity contribution in [3.63, 3.8) is 0 Å². The summed E-state index contributed by atoms with van der Waals surface area (Å²) in [5.41, 5.74) is 1.44. The highest BCUT2D eigenvalue weighted by Gasteiger charge is 2.26. The minimum Gasteiger partial charge on any atom is -0.358 e. The predicted octanol–water partition coefficient (Wildman–Crippen LogP) is 4.29. The summed E-state index contributed by atoms with van der Waals surface area (Å²) >= 11 is 0. The van der Waals surface area contributed by atoms with E-state index in [0.29, 0.717) is 30.4 Å². The van der Waals surface area contributed by atoms with Crippen LogP contribution in [0.2, 0.25) is 0 Å². The number of carbonyl (C=O) groups is 1. The quantitative estimate of drug-likeness (QED) is 0.331. The number of aromatic nitrogens is 3. The molecule has 0 bridgehead atoms. The molecule has 1 saturated carbocycles. The molecule has 2 aromatic heterocycles. The number of benzene rings is 1. The van der Waals surface area contributed by atoms with Gasteiger partial charge in [0.05, 0.1) is 6.57 Å². The highest BCUT2D eigenvalue weighted by Crippen LogP contribution is 2.28. The number of anilines is 1. The second-order valence-electron chi connectivity index (χ2n) is 9.19. The number of carbonyl (C=O) groups excluding carboxylic acids is 1. The van der Waals surface area contributed by atoms with Crippen molar-refractivity contribution < 1.29 is 13.2 Å². The summed E-state index contributed by atoms with van der Waals surface area (Å²) in [7, 11) is -3.67. The van der Waals surface area contributed by atoms with Crippen LogP contribution in [0.1, 0.15) is 44.1 Å². The smallest absolute Gasteiger partial charge is 0.250 e. The first-order valence-electron chi connectivity index (χ1n) is 12.0. The maximum absolute atomic E-state index is 13.3. The van der Waals surface area contributed by atoms with Crippen LogP contribution in [0.25, 0.3) is 10.7 Å². The second kappa shape index (κ2) is 11.4. The average molecular weight is 507 g/mol. The van der Waals surface area contributed by atoms with Gasteiger partial charge >= 0.3 is 0 Å². The summed E-state index contributed by atoms with van der Waals surface area (Å²) in [6.07, 6.45) is 10.9. The van der Waals surface area contributed by atoms with Crippen molar-refractivity contribution in [2.45, 2.75) is 56.3 Å². The largest absolute Gasteiger partial charge is 0.358 e. The molecule has 0 radical (unpaired) electrons. The minimum atomic E-state index is -3.67. The predicted molar refractivity (Wildman–Crippen MR) is 138 cm³/mol. The summed E-state index contributed by atoms with van der Waals surface area (Å²) in [6.45, 7) is 7.41. The fourth-order valence-electron chi connectivity index (χ4n) is 4.44. The van der Waals surface area contributed by atoms with Crippen LogP contribution in [-0.2, 0) is 21.2 Å². The van der Waals surface area contributed by atoms with E-state index in [2.05, 4.69) is 25.4 Å². The molecule has 1 aliphatic carbocycles. The number of sulfone groups is 1. The number of hydrogen-bond donors (Lipinski definition) is 2. The summed E-state index contributed by atoms with van der Waals surface area (Å²) in [6, 6.07) is 11.8. The van der Waals surface area contributed by atoms with Gasteiger partial charge in [0.15, 0.2) is 5.69 Å².